The number of nitrogens with one attached hydrogen (secondary N) is 2. The lowest BCUT2D eigenvalue weighted by molar-refractivity contribution is -0.116. The molecule has 0 fully saturated rings. The minimum absolute atomic E-state index is 0.0550. The molecule has 1 amide bonds. The Balaban J connectivity index is 2.06. The maximum absolute atomic E-state index is 12.0. The molecule has 6 nitrogen and oxygen atoms in total. The number of hydrogen-bond donors (Lipinski definition) is 3. The molecule has 0 aliphatic carbocycles. The second kappa shape index (κ2) is 9.78. The molecule has 1 aromatic heterocycles. The molecule has 0 aliphatic heterocycles. The fourth-order valence-electron chi connectivity index (χ4n) is 3.18. The van der Waals surface area contributed by atoms with E-state index in [0.717, 1.165) is 23.3 Å². The number of methoxy groups -OCH3 is 1. The van der Waals surface area contributed by atoms with E-state index < -0.39 is 0 Å². The van der Waals surface area contributed by atoms with Crippen LogP contribution < -0.4 is 15.4 Å². The van der Waals surface area contributed by atoms with Gasteiger partial charge in [-0.3, -0.25) is 4.79 Å². The molecule has 3 aromatic rings. The van der Waals surface area contributed by atoms with Gasteiger partial charge in [-0.15, -0.1) is 0 Å². The number of carbonyl (C=O) groups excluding carboxylic acids is 1. The van der Waals surface area contributed by atoms with E-state index in [2.05, 4.69) is 15.6 Å². The van der Waals surface area contributed by atoms with Crippen molar-refractivity contribution in [2.75, 3.05) is 24.3 Å². The zero-order valence-corrected chi connectivity index (χ0v) is 17.5. The van der Waals surface area contributed by atoms with Crippen LogP contribution >= 0.6 is 0 Å². The molecule has 0 spiro atoms. The Morgan fingerprint density at radius 3 is 2.63 bits per heavy atom. The molecule has 6 heteroatoms. The monoisotopic (exact) mass is 405 g/mol. The minimum atomic E-state index is -0.0550. The summed E-state index contributed by atoms with van der Waals surface area (Å²) in [5.74, 6) is 1.51. The van der Waals surface area contributed by atoms with Gasteiger partial charge in [-0.25, -0.2) is 4.98 Å². The number of phenols is 1. The Kier molecular flexibility index (Phi) is 6.91. The van der Waals surface area contributed by atoms with Gasteiger partial charge in [0.15, 0.2) is 0 Å². The van der Waals surface area contributed by atoms with E-state index in [1.54, 1.807) is 25.3 Å². The highest BCUT2D eigenvalue weighted by Crippen LogP contribution is 2.35. The van der Waals surface area contributed by atoms with Gasteiger partial charge in [0.2, 0.25) is 5.91 Å². The Morgan fingerprint density at radius 2 is 1.90 bits per heavy atom. The molecule has 156 valence electrons. The van der Waals surface area contributed by atoms with Crippen LogP contribution in [-0.4, -0.2) is 29.7 Å². The fourth-order valence-corrected chi connectivity index (χ4v) is 3.18. The number of pyridine rings is 1. The number of ether oxygens (including phenoxy) is 1. The second-order valence-electron chi connectivity index (χ2n) is 6.92. The molecule has 0 atom stereocenters. The Morgan fingerprint density at radius 1 is 1.07 bits per heavy atom. The summed E-state index contributed by atoms with van der Waals surface area (Å²) in [5.41, 5.74) is 3.70. The number of nitrogens with zero attached hydrogens (tertiary/aromatic N) is 1. The van der Waals surface area contributed by atoms with Gasteiger partial charge in [-0.2, -0.15) is 0 Å². The largest absolute Gasteiger partial charge is 0.507 e. The van der Waals surface area contributed by atoms with Crippen LogP contribution in [0.5, 0.6) is 11.5 Å². The zero-order chi connectivity index (χ0) is 21.5. The summed E-state index contributed by atoms with van der Waals surface area (Å²) in [7, 11) is 1.64. The van der Waals surface area contributed by atoms with Gasteiger partial charge in [-0.1, -0.05) is 19.1 Å². The van der Waals surface area contributed by atoms with Gasteiger partial charge < -0.3 is 20.5 Å². The number of benzene rings is 2. The summed E-state index contributed by atoms with van der Waals surface area (Å²) in [6.07, 6.45) is 1.22. The number of phenolic OH excluding ortho intramolecular Hbond substituents is 1. The van der Waals surface area contributed by atoms with Crippen LogP contribution in [0.4, 0.5) is 11.5 Å². The van der Waals surface area contributed by atoms with Crippen LogP contribution in [0, 0.1) is 0 Å². The van der Waals surface area contributed by atoms with Crippen molar-refractivity contribution in [3.05, 3.63) is 54.6 Å². The highest BCUT2D eigenvalue weighted by molar-refractivity contribution is 5.92. The molecule has 0 bridgehead atoms. The summed E-state index contributed by atoms with van der Waals surface area (Å²) in [4.78, 5) is 16.6. The van der Waals surface area contributed by atoms with Crippen molar-refractivity contribution in [3.8, 4) is 33.9 Å². The third kappa shape index (κ3) is 5.08. The number of amides is 1. The van der Waals surface area contributed by atoms with Crippen LogP contribution in [-0.2, 0) is 4.79 Å². The lowest BCUT2D eigenvalue weighted by atomic mass is 10.0. The smallest absolute Gasteiger partial charge is 0.224 e. The van der Waals surface area contributed by atoms with Crippen molar-refractivity contribution in [2.24, 2.45) is 0 Å². The number of rotatable bonds is 8. The zero-order valence-electron chi connectivity index (χ0n) is 17.5. The van der Waals surface area contributed by atoms with Gasteiger partial charge in [0.25, 0.3) is 0 Å². The third-order valence-electron chi connectivity index (χ3n) is 4.62. The highest BCUT2D eigenvalue weighted by Gasteiger charge is 2.13. The number of aromatic hydroxyl groups is 1. The average Bonchev–Trinajstić information content (AvgIpc) is 2.75. The molecular weight excluding hydrogens is 378 g/mol. The van der Waals surface area contributed by atoms with Crippen LogP contribution in [0.1, 0.15) is 26.7 Å². The van der Waals surface area contributed by atoms with Crippen molar-refractivity contribution < 1.29 is 14.6 Å². The summed E-state index contributed by atoms with van der Waals surface area (Å²) in [5, 5.41) is 16.6. The molecule has 0 radical (unpaired) electrons. The molecule has 0 saturated heterocycles. The SMILES string of the molecule is CCCC(=O)Nc1ccc(O)c(-c2cc(-c3cccc(OC)c3)cc(NCC)n2)c1. The summed E-state index contributed by atoms with van der Waals surface area (Å²) >= 11 is 0. The Bertz CT molecular complexity index is 1030. The predicted molar refractivity (Wildman–Crippen MR) is 121 cm³/mol. The van der Waals surface area contributed by atoms with Crippen LogP contribution in [0.25, 0.3) is 22.4 Å². The van der Waals surface area contributed by atoms with E-state index in [9.17, 15) is 9.90 Å². The van der Waals surface area contributed by atoms with Gasteiger partial charge >= 0.3 is 0 Å². The molecule has 0 saturated carbocycles. The first-order valence-corrected chi connectivity index (χ1v) is 10.1. The fraction of sp³-hybridized carbons (Fsp3) is 0.250. The topological polar surface area (TPSA) is 83.5 Å². The van der Waals surface area contributed by atoms with Crippen LogP contribution in [0.2, 0.25) is 0 Å². The van der Waals surface area contributed by atoms with Crippen molar-refractivity contribution in [3.63, 3.8) is 0 Å². The van der Waals surface area contributed by atoms with Crippen LogP contribution in [0.15, 0.2) is 54.6 Å². The van der Waals surface area contributed by atoms with Crippen molar-refractivity contribution in [2.45, 2.75) is 26.7 Å². The van der Waals surface area contributed by atoms with Gasteiger partial charge in [-0.05, 0) is 66.9 Å². The van der Waals surface area contributed by atoms with Gasteiger partial charge in [0.05, 0.1) is 12.8 Å². The number of carbonyl (C=O) groups is 1. The second-order valence-corrected chi connectivity index (χ2v) is 6.92. The molecule has 0 aliphatic rings. The van der Waals surface area contributed by atoms with E-state index in [4.69, 9.17) is 4.74 Å². The standard InChI is InChI=1S/C24H27N3O3/c1-4-7-24(29)26-18-10-11-22(28)20(15-18)21-13-17(14-23(27-21)25-5-2)16-8-6-9-19(12-16)30-3/h6,8-15,28H,4-5,7H2,1-3H3,(H,25,27)(H,26,29). The van der Waals surface area contributed by atoms with E-state index in [1.165, 1.54) is 0 Å². The average molecular weight is 405 g/mol. The molecule has 3 N–H and O–H groups in total. The number of aromatic nitrogens is 1. The highest BCUT2D eigenvalue weighted by atomic mass is 16.5. The Labute approximate surface area is 176 Å². The van der Waals surface area contributed by atoms with Gasteiger partial charge in [0, 0.05) is 24.2 Å². The van der Waals surface area contributed by atoms with Crippen LogP contribution in [0.3, 0.4) is 0 Å². The lowest BCUT2D eigenvalue weighted by Crippen LogP contribution is -2.10. The number of anilines is 2. The predicted octanol–water partition coefficient (Wildman–Crippen LogP) is 5.30. The van der Waals surface area contributed by atoms with E-state index in [1.807, 2.05) is 50.2 Å². The lowest BCUT2D eigenvalue weighted by Gasteiger charge is -2.13. The van der Waals surface area contributed by atoms with E-state index in [0.29, 0.717) is 35.7 Å². The van der Waals surface area contributed by atoms with Crippen molar-refractivity contribution in [1.29, 1.82) is 0 Å². The molecule has 30 heavy (non-hydrogen) atoms. The first kappa shape index (κ1) is 21.2. The van der Waals surface area contributed by atoms with Crippen molar-refractivity contribution in [1.82, 2.24) is 4.98 Å². The van der Waals surface area contributed by atoms with Gasteiger partial charge in [0.1, 0.15) is 17.3 Å². The summed E-state index contributed by atoms with van der Waals surface area (Å²) in [6.45, 7) is 4.67. The molecule has 3 rings (SSSR count). The summed E-state index contributed by atoms with van der Waals surface area (Å²) in [6, 6.07) is 16.7. The maximum atomic E-state index is 12.0. The minimum Gasteiger partial charge on any atom is -0.507 e. The summed E-state index contributed by atoms with van der Waals surface area (Å²) < 4.78 is 5.35. The molecular formula is C24H27N3O3. The quantitative estimate of drug-likeness (QED) is 0.443. The first-order valence-electron chi connectivity index (χ1n) is 10.1. The first-order chi connectivity index (χ1) is 14.5. The number of hydrogen-bond acceptors (Lipinski definition) is 5. The Hall–Kier alpha value is -3.54. The van der Waals surface area contributed by atoms with Crippen molar-refractivity contribution >= 4 is 17.4 Å². The third-order valence-corrected chi connectivity index (χ3v) is 4.62. The van der Waals surface area contributed by atoms with E-state index >= 15 is 0 Å². The molecule has 1 heterocycles. The molecule has 0 unspecified atom stereocenters. The normalized spacial score (nSPS) is 10.5. The van der Waals surface area contributed by atoms with E-state index in [-0.39, 0.29) is 11.7 Å². The molecule has 2 aromatic carbocycles. The maximum Gasteiger partial charge on any atom is 0.224 e.